The predicted octanol–water partition coefficient (Wildman–Crippen LogP) is 4.06. The molecule has 5 rings (SSSR count). The van der Waals surface area contributed by atoms with Crippen molar-refractivity contribution in [3.63, 3.8) is 0 Å². The summed E-state index contributed by atoms with van der Waals surface area (Å²) in [7, 11) is 1.64. The number of ether oxygens (including phenoxy) is 1. The predicted molar refractivity (Wildman–Crippen MR) is 130 cm³/mol. The molecule has 3 amide bonds. The van der Waals surface area contributed by atoms with Crippen LogP contribution < -0.4 is 14.5 Å². The van der Waals surface area contributed by atoms with Crippen LogP contribution >= 0.6 is 0 Å². The summed E-state index contributed by atoms with van der Waals surface area (Å²) >= 11 is 0. The summed E-state index contributed by atoms with van der Waals surface area (Å²) in [6, 6.07) is 11.3. The smallest absolute Gasteiger partial charge is 0.257 e. The fraction of sp³-hybridized carbons (Fsp3) is 0.444. The lowest BCUT2D eigenvalue weighted by Gasteiger charge is -2.48. The number of hydrogen-bond acceptors (Lipinski definition) is 4. The summed E-state index contributed by atoms with van der Waals surface area (Å²) in [6.07, 6.45) is 3.72. The minimum absolute atomic E-state index is 0.0379. The van der Waals surface area contributed by atoms with E-state index in [9.17, 15) is 14.4 Å². The lowest BCUT2D eigenvalue weighted by atomic mass is 9.95. The quantitative estimate of drug-likeness (QED) is 0.673. The topological polar surface area (TPSA) is 70.2 Å². The number of para-hydroxylation sites is 1. The second-order valence-electron chi connectivity index (χ2n) is 9.58. The number of benzene rings is 2. The molecular weight excluding hydrogens is 430 g/mol. The highest BCUT2D eigenvalue weighted by molar-refractivity contribution is 6.10. The number of fused-ring (bicyclic) bond motifs is 4. The van der Waals surface area contributed by atoms with Gasteiger partial charge in [-0.25, -0.2) is 0 Å². The molecule has 2 aromatic rings. The summed E-state index contributed by atoms with van der Waals surface area (Å²) in [4.78, 5) is 44.9. The van der Waals surface area contributed by atoms with E-state index in [0.29, 0.717) is 50.0 Å². The van der Waals surface area contributed by atoms with E-state index in [1.54, 1.807) is 23.0 Å². The molecule has 1 saturated heterocycles. The molecule has 1 unspecified atom stereocenters. The highest BCUT2D eigenvalue weighted by Gasteiger charge is 2.52. The summed E-state index contributed by atoms with van der Waals surface area (Å²) < 4.78 is 5.58. The molecule has 34 heavy (non-hydrogen) atoms. The van der Waals surface area contributed by atoms with Crippen molar-refractivity contribution < 1.29 is 19.1 Å². The molecule has 0 spiro atoms. The number of carbonyl (C=O) groups excluding carboxylic acids is 3. The molecule has 0 bridgehead atoms. The Morgan fingerprint density at radius 1 is 1.12 bits per heavy atom. The van der Waals surface area contributed by atoms with Gasteiger partial charge in [0.15, 0.2) is 0 Å². The van der Waals surface area contributed by atoms with Crippen molar-refractivity contribution >= 4 is 29.1 Å². The average molecular weight is 462 g/mol. The SMILES string of the molecule is COc1ccc(C)c2c1N(C(=O)CCCN1C(=O)c3ccccc3N3C(=O)CCC13C)CCC2. The number of aryl methyl sites for hydroxylation is 1. The van der Waals surface area contributed by atoms with Crippen molar-refractivity contribution in [3.05, 3.63) is 53.1 Å². The Kier molecular flexibility index (Phi) is 5.58. The normalized spacial score (nSPS) is 21.3. The summed E-state index contributed by atoms with van der Waals surface area (Å²) in [5.41, 5.74) is 3.79. The Labute approximate surface area is 200 Å². The van der Waals surface area contributed by atoms with Crippen LogP contribution in [0.4, 0.5) is 11.4 Å². The first-order chi connectivity index (χ1) is 16.4. The number of rotatable bonds is 5. The number of hydrogen-bond donors (Lipinski definition) is 0. The summed E-state index contributed by atoms with van der Waals surface area (Å²) in [6.45, 7) is 5.12. The van der Waals surface area contributed by atoms with E-state index < -0.39 is 5.66 Å². The van der Waals surface area contributed by atoms with E-state index in [1.165, 1.54) is 11.1 Å². The lowest BCUT2D eigenvalue weighted by molar-refractivity contribution is -0.119. The fourth-order valence-electron chi connectivity index (χ4n) is 5.83. The maximum atomic E-state index is 13.4. The third kappa shape index (κ3) is 3.37. The van der Waals surface area contributed by atoms with Gasteiger partial charge in [-0.3, -0.25) is 19.3 Å². The van der Waals surface area contributed by atoms with Crippen molar-refractivity contribution in [2.75, 3.05) is 30.0 Å². The van der Waals surface area contributed by atoms with E-state index in [-0.39, 0.29) is 17.7 Å². The average Bonchev–Trinajstić information content (AvgIpc) is 3.16. The highest BCUT2D eigenvalue weighted by Crippen LogP contribution is 2.44. The Morgan fingerprint density at radius 3 is 2.71 bits per heavy atom. The lowest BCUT2D eigenvalue weighted by Crippen LogP contribution is -2.62. The van der Waals surface area contributed by atoms with E-state index in [1.807, 2.05) is 42.2 Å². The van der Waals surface area contributed by atoms with Crippen LogP contribution in [0, 0.1) is 6.92 Å². The largest absolute Gasteiger partial charge is 0.495 e. The molecule has 1 fully saturated rings. The zero-order chi connectivity index (χ0) is 24.0. The van der Waals surface area contributed by atoms with Crippen LogP contribution in [0.2, 0.25) is 0 Å². The van der Waals surface area contributed by atoms with Crippen LogP contribution in [-0.2, 0) is 16.0 Å². The third-order valence-electron chi connectivity index (χ3n) is 7.60. The van der Waals surface area contributed by atoms with Crippen molar-refractivity contribution in [2.45, 2.75) is 58.0 Å². The van der Waals surface area contributed by atoms with Gasteiger partial charge in [-0.05, 0) is 68.9 Å². The summed E-state index contributed by atoms with van der Waals surface area (Å²) in [5.74, 6) is 0.733. The number of amides is 3. The van der Waals surface area contributed by atoms with Crippen molar-refractivity contribution in [3.8, 4) is 5.75 Å². The van der Waals surface area contributed by atoms with Crippen molar-refractivity contribution in [1.82, 2.24) is 4.90 Å². The van der Waals surface area contributed by atoms with Crippen molar-refractivity contribution in [1.29, 1.82) is 0 Å². The second kappa shape index (κ2) is 8.46. The Bertz CT molecular complexity index is 1180. The van der Waals surface area contributed by atoms with Crippen LogP contribution in [0.5, 0.6) is 5.75 Å². The molecule has 178 valence electrons. The Balaban J connectivity index is 1.34. The Hall–Kier alpha value is -3.35. The zero-order valence-corrected chi connectivity index (χ0v) is 20.1. The first-order valence-corrected chi connectivity index (χ1v) is 12.1. The number of methoxy groups -OCH3 is 1. The van der Waals surface area contributed by atoms with E-state index in [0.717, 1.165) is 24.3 Å². The molecular formula is C27H31N3O4. The molecule has 7 nitrogen and oxygen atoms in total. The van der Waals surface area contributed by atoms with Gasteiger partial charge in [-0.15, -0.1) is 0 Å². The zero-order valence-electron chi connectivity index (χ0n) is 20.1. The number of anilines is 2. The first-order valence-electron chi connectivity index (χ1n) is 12.1. The molecule has 0 aromatic heterocycles. The maximum absolute atomic E-state index is 13.4. The van der Waals surface area contributed by atoms with Crippen LogP contribution in [0.3, 0.4) is 0 Å². The standard InChI is InChI=1S/C27H31N3O4/c1-18-12-13-22(34-3)25-19(18)9-6-16-28(25)23(31)11-7-17-29-26(33)20-8-4-5-10-21(20)30-24(32)14-15-27(29,30)2/h4-5,8,10,12-13H,6-7,9,11,14-17H2,1-3H3. The molecule has 0 saturated carbocycles. The van der Waals surface area contributed by atoms with Gasteiger partial charge in [0.25, 0.3) is 5.91 Å². The van der Waals surface area contributed by atoms with Gasteiger partial charge in [-0.2, -0.15) is 0 Å². The van der Waals surface area contributed by atoms with Crippen LogP contribution in [0.25, 0.3) is 0 Å². The van der Waals surface area contributed by atoms with Crippen LogP contribution in [0.15, 0.2) is 36.4 Å². The maximum Gasteiger partial charge on any atom is 0.257 e. The molecule has 1 atom stereocenters. The molecule has 0 N–H and O–H groups in total. The van der Waals surface area contributed by atoms with Crippen molar-refractivity contribution in [2.24, 2.45) is 0 Å². The van der Waals surface area contributed by atoms with E-state index in [4.69, 9.17) is 4.74 Å². The van der Waals surface area contributed by atoms with E-state index in [2.05, 4.69) is 6.92 Å². The highest BCUT2D eigenvalue weighted by atomic mass is 16.5. The van der Waals surface area contributed by atoms with Gasteiger partial charge in [0.2, 0.25) is 11.8 Å². The minimum atomic E-state index is -0.691. The molecule has 3 aliphatic heterocycles. The number of carbonyl (C=O) groups is 3. The van der Waals surface area contributed by atoms with Gasteiger partial charge in [0.1, 0.15) is 11.4 Å². The first kappa shape index (κ1) is 22.4. The molecule has 3 heterocycles. The van der Waals surface area contributed by atoms with Gasteiger partial charge >= 0.3 is 0 Å². The van der Waals surface area contributed by atoms with Gasteiger partial charge in [-0.1, -0.05) is 18.2 Å². The second-order valence-corrected chi connectivity index (χ2v) is 9.58. The number of nitrogens with zero attached hydrogens (tertiary/aromatic N) is 3. The van der Waals surface area contributed by atoms with Crippen LogP contribution in [0.1, 0.15) is 60.5 Å². The van der Waals surface area contributed by atoms with Crippen LogP contribution in [-0.4, -0.2) is 48.5 Å². The van der Waals surface area contributed by atoms with Gasteiger partial charge in [0.05, 0.1) is 24.0 Å². The summed E-state index contributed by atoms with van der Waals surface area (Å²) in [5, 5.41) is 0. The van der Waals surface area contributed by atoms with Gasteiger partial charge in [0, 0.05) is 25.9 Å². The fourth-order valence-corrected chi connectivity index (χ4v) is 5.83. The van der Waals surface area contributed by atoms with E-state index >= 15 is 0 Å². The van der Waals surface area contributed by atoms with Gasteiger partial charge < -0.3 is 14.5 Å². The Morgan fingerprint density at radius 2 is 1.91 bits per heavy atom. The molecule has 0 aliphatic carbocycles. The molecule has 2 aromatic carbocycles. The minimum Gasteiger partial charge on any atom is -0.495 e. The molecule has 7 heteroatoms. The third-order valence-corrected chi connectivity index (χ3v) is 7.60. The molecule has 3 aliphatic rings. The molecule has 0 radical (unpaired) electrons. The monoisotopic (exact) mass is 461 g/mol.